The first-order valence-corrected chi connectivity index (χ1v) is 13.8. The minimum absolute atomic E-state index is 0.0942. The fourth-order valence-electron chi connectivity index (χ4n) is 4.76. The molecule has 202 valence electrons. The van der Waals surface area contributed by atoms with Crippen molar-refractivity contribution in [1.29, 1.82) is 0 Å². The number of urea groups is 1. The lowest BCUT2D eigenvalue weighted by atomic mass is 9.86. The summed E-state index contributed by atoms with van der Waals surface area (Å²) in [5.41, 5.74) is -1.82. The third kappa shape index (κ3) is 6.00. The van der Waals surface area contributed by atoms with Gasteiger partial charge in [-0.3, -0.25) is 9.59 Å². The van der Waals surface area contributed by atoms with Gasteiger partial charge in [0.1, 0.15) is 11.6 Å². The summed E-state index contributed by atoms with van der Waals surface area (Å²) in [6.07, 6.45) is 3.28. The number of aliphatic carboxylic acids is 1. The topological polar surface area (TPSA) is 165 Å². The number of hydrogen-bond donors (Lipinski definition) is 4. The first-order chi connectivity index (χ1) is 16.7. The zero-order valence-electron chi connectivity index (χ0n) is 21.1. The molecular formula is C23H37N5O7S. The lowest BCUT2D eigenvalue weighted by molar-refractivity contribution is -0.145. The lowest BCUT2D eigenvalue weighted by Crippen LogP contribution is -2.56. The number of carbonyl (C=O) groups excluding carboxylic acids is 3. The Balaban J connectivity index is 1.55. The molecule has 0 aromatic heterocycles. The van der Waals surface area contributed by atoms with E-state index in [1.54, 1.807) is 0 Å². The maximum atomic E-state index is 12.8. The Morgan fingerprint density at radius 1 is 1.19 bits per heavy atom. The van der Waals surface area contributed by atoms with E-state index in [4.69, 9.17) is 0 Å². The zero-order chi connectivity index (χ0) is 26.9. The Morgan fingerprint density at radius 3 is 2.42 bits per heavy atom. The van der Waals surface area contributed by atoms with Gasteiger partial charge in [0.05, 0.1) is 12.3 Å². The summed E-state index contributed by atoms with van der Waals surface area (Å²) >= 11 is 0. The summed E-state index contributed by atoms with van der Waals surface area (Å²) in [6.45, 7) is 9.78. The maximum absolute atomic E-state index is 12.8. The molecule has 2 heterocycles. The van der Waals surface area contributed by atoms with Gasteiger partial charge in [-0.05, 0) is 31.1 Å². The molecule has 36 heavy (non-hydrogen) atoms. The number of rotatable bonds is 9. The van der Waals surface area contributed by atoms with Crippen molar-refractivity contribution in [3.8, 4) is 0 Å². The summed E-state index contributed by atoms with van der Waals surface area (Å²) in [7, 11) is -3.33. The first-order valence-electron chi connectivity index (χ1n) is 12.2. The van der Waals surface area contributed by atoms with E-state index in [0.717, 1.165) is 0 Å². The van der Waals surface area contributed by atoms with E-state index in [2.05, 4.69) is 22.5 Å². The second-order valence-electron chi connectivity index (χ2n) is 10.8. The Bertz CT molecular complexity index is 1020. The van der Waals surface area contributed by atoms with E-state index in [0.29, 0.717) is 32.4 Å². The van der Waals surface area contributed by atoms with Gasteiger partial charge >= 0.3 is 12.0 Å². The molecule has 3 rings (SSSR count). The summed E-state index contributed by atoms with van der Waals surface area (Å²) < 4.78 is 25.8. The SMILES string of the molecule is C=CC1C[C@]1(NC(=O)[C@@H]1CCCN1C(=O)CNC(=O)NC(CN1CCCS1(=O)=O)C(C)(C)C)C(=O)O. The lowest BCUT2D eigenvalue weighted by Gasteiger charge is -2.34. The zero-order valence-corrected chi connectivity index (χ0v) is 21.9. The van der Waals surface area contributed by atoms with Crippen molar-refractivity contribution in [2.45, 2.75) is 64.1 Å². The molecule has 0 bridgehead atoms. The van der Waals surface area contributed by atoms with Gasteiger partial charge in [0, 0.05) is 31.6 Å². The average Bonchev–Trinajstić information content (AvgIpc) is 3.10. The van der Waals surface area contributed by atoms with E-state index in [1.165, 1.54) is 15.3 Å². The highest BCUT2D eigenvalue weighted by Crippen LogP contribution is 2.44. The van der Waals surface area contributed by atoms with Crippen LogP contribution < -0.4 is 16.0 Å². The molecule has 1 saturated carbocycles. The molecule has 3 fully saturated rings. The molecule has 2 aliphatic heterocycles. The van der Waals surface area contributed by atoms with Gasteiger partial charge in [0.2, 0.25) is 21.8 Å². The smallest absolute Gasteiger partial charge is 0.330 e. The molecule has 0 spiro atoms. The van der Waals surface area contributed by atoms with Crippen LogP contribution in [0.1, 0.15) is 46.5 Å². The highest BCUT2D eigenvalue weighted by Gasteiger charge is 2.61. The van der Waals surface area contributed by atoms with Gasteiger partial charge in [0.25, 0.3) is 0 Å². The van der Waals surface area contributed by atoms with Crippen molar-refractivity contribution in [2.24, 2.45) is 11.3 Å². The van der Waals surface area contributed by atoms with Crippen LogP contribution in [0.2, 0.25) is 0 Å². The van der Waals surface area contributed by atoms with Gasteiger partial charge < -0.3 is 26.0 Å². The number of carboxylic acids is 1. The van der Waals surface area contributed by atoms with Crippen LogP contribution in [0.4, 0.5) is 4.79 Å². The molecule has 0 aromatic carbocycles. The van der Waals surface area contributed by atoms with Crippen LogP contribution >= 0.6 is 0 Å². The molecule has 2 unspecified atom stereocenters. The van der Waals surface area contributed by atoms with Gasteiger partial charge in [-0.2, -0.15) is 4.31 Å². The Labute approximate surface area is 211 Å². The van der Waals surface area contributed by atoms with Gasteiger partial charge in [-0.1, -0.05) is 26.8 Å². The van der Waals surface area contributed by atoms with Crippen molar-refractivity contribution in [1.82, 2.24) is 25.2 Å². The molecule has 3 aliphatic rings. The maximum Gasteiger partial charge on any atom is 0.330 e. The molecule has 2 saturated heterocycles. The molecule has 13 heteroatoms. The predicted molar refractivity (Wildman–Crippen MR) is 131 cm³/mol. The van der Waals surface area contributed by atoms with E-state index < -0.39 is 56.9 Å². The monoisotopic (exact) mass is 527 g/mol. The van der Waals surface area contributed by atoms with Crippen molar-refractivity contribution in [3.05, 3.63) is 12.7 Å². The number of nitrogens with one attached hydrogen (secondary N) is 3. The third-order valence-electron chi connectivity index (χ3n) is 7.24. The number of sulfonamides is 1. The Kier molecular flexibility index (Phi) is 8.04. The van der Waals surface area contributed by atoms with Crippen LogP contribution in [-0.4, -0.2) is 96.1 Å². The minimum Gasteiger partial charge on any atom is -0.479 e. The van der Waals surface area contributed by atoms with Crippen LogP contribution in [-0.2, 0) is 24.4 Å². The largest absolute Gasteiger partial charge is 0.479 e. The van der Waals surface area contributed by atoms with Crippen LogP contribution in [0, 0.1) is 11.3 Å². The fraction of sp³-hybridized carbons (Fsp3) is 0.739. The van der Waals surface area contributed by atoms with Crippen LogP contribution in [0.15, 0.2) is 12.7 Å². The number of carboxylic acid groups (broad SMARTS) is 1. The Morgan fingerprint density at radius 2 is 1.89 bits per heavy atom. The van der Waals surface area contributed by atoms with Crippen LogP contribution in [0.25, 0.3) is 0 Å². The summed E-state index contributed by atoms with van der Waals surface area (Å²) in [5.74, 6) is -2.39. The van der Waals surface area contributed by atoms with E-state index in [-0.39, 0.29) is 31.2 Å². The number of carbonyl (C=O) groups is 4. The second kappa shape index (κ2) is 10.4. The van der Waals surface area contributed by atoms with Crippen LogP contribution in [0.5, 0.6) is 0 Å². The van der Waals surface area contributed by atoms with E-state index >= 15 is 0 Å². The molecular weight excluding hydrogens is 490 g/mol. The number of likely N-dealkylation sites (tertiary alicyclic amines) is 1. The predicted octanol–water partition coefficient (Wildman–Crippen LogP) is -0.128. The summed E-state index contributed by atoms with van der Waals surface area (Å²) in [6, 6.07) is -1.92. The number of hydrogen-bond acceptors (Lipinski definition) is 6. The van der Waals surface area contributed by atoms with E-state index in [1.807, 2.05) is 20.8 Å². The average molecular weight is 528 g/mol. The third-order valence-corrected chi connectivity index (χ3v) is 9.17. The van der Waals surface area contributed by atoms with Crippen molar-refractivity contribution in [2.75, 3.05) is 31.9 Å². The van der Waals surface area contributed by atoms with Gasteiger partial charge in [0.15, 0.2) is 0 Å². The molecule has 0 radical (unpaired) electrons. The Hall–Kier alpha value is -2.67. The normalized spacial score (nSPS) is 28.2. The van der Waals surface area contributed by atoms with E-state index in [9.17, 15) is 32.7 Å². The number of nitrogens with zero attached hydrogens (tertiary/aromatic N) is 2. The number of amides is 4. The molecule has 4 N–H and O–H groups in total. The summed E-state index contributed by atoms with van der Waals surface area (Å²) in [4.78, 5) is 51.3. The summed E-state index contributed by atoms with van der Waals surface area (Å²) in [5, 5.41) is 17.4. The molecule has 0 aromatic rings. The quantitative estimate of drug-likeness (QED) is 0.303. The molecule has 4 amide bonds. The minimum atomic E-state index is -3.33. The van der Waals surface area contributed by atoms with Crippen molar-refractivity contribution in [3.63, 3.8) is 0 Å². The molecule has 12 nitrogen and oxygen atoms in total. The fourth-order valence-corrected chi connectivity index (χ4v) is 6.29. The van der Waals surface area contributed by atoms with Gasteiger partial charge in [-0.15, -0.1) is 6.58 Å². The van der Waals surface area contributed by atoms with Crippen molar-refractivity contribution >= 4 is 33.8 Å². The highest BCUT2D eigenvalue weighted by atomic mass is 32.2. The standard InChI is InChI=1S/C23H37N5O7S/c1-5-15-12-23(15,20(31)32)26-19(30)16-8-6-10-28(16)18(29)13-24-21(33)25-17(22(2,3)4)14-27-9-7-11-36(27,34)35/h5,15-17H,1,6-14H2,2-4H3,(H,26,30)(H,31,32)(H2,24,25,33)/t15?,16-,17?,23+/m0/s1. The van der Waals surface area contributed by atoms with Crippen molar-refractivity contribution < 1.29 is 32.7 Å². The first kappa shape index (κ1) is 27.9. The van der Waals surface area contributed by atoms with Gasteiger partial charge in [-0.25, -0.2) is 18.0 Å². The molecule has 4 atom stereocenters. The van der Waals surface area contributed by atoms with Crippen LogP contribution in [0.3, 0.4) is 0 Å². The second-order valence-corrected chi connectivity index (χ2v) is 12.9. The molecule has 1 aliphatic carbocycles. The highest BCUT2D eigenvalue weighted by molar-refractivity contribution is 7.89.